The van der Waals surface area contributed by atoms with E-state index in [1.807, 2.05) is 18.2 Å². The number of imide groups is 1. The van der Waals surface area contributed by atoms with Gasteiger partial charge in [-0.1, -0.05) is 32.0 Å². The smallest absolute Gasteiger partial charge is 0.255 e. The third-order valence-electron chi connectivity index (χ3n) is 6.42. The van der Waals surface area contributed by atoms with Crippen LogP contribution in [0.25, 0.3) is 0 Å². The number of hydrogen-bond acceptors (Lipinski definition) is 5. The number of carbonyl (C=O) groups is 3. The Bertz CT molecular complexity index is 820. The summed E-state index contributed by atoms with van der Waals surface area (Å²) in [5.74, 6) is -0.742. The summed E-state index contributed by atoms with van der Waals surface area (Å²) in [6, 6.07) is 5.68. The van der Waals surface area contributed by atoms with Gasteiger partial charge in [0.2, 0.25) is 11.8 Å². The van der Waals surface area contributed by atoms with Crippen molar-refractivity contribution in [1.82, 2.24) is 20.9 Å². The third kappa shape index (κ3) is 3.44. The lowest BCUT2D eigenvalue weighted by molar-refractivity contribution is -0.136. The number of rotatable bonds is 4. The van der Waals surface area contributed by atoms with E-state index >= 15 is 0 Å². The number of nitrogens with one attached hydrogen (secondary N) is 3. The average molecular weight is 384 g/mol. The molecule has 4 rings (SSSR count). The molecule has 1 aromatic carbocycles. The van der Waals surface area contributed by atoms with E-state index in [2.05, 4.69) is 29.8 Å². The molecule has 3 N–H and O–H groups in total. The largest absolute Gasteiger partial charge is 0.322 e. The lowest BCUT2D eigenvalue weighted by Gasteiger charge is -2.39. The average Bonchev–Trinajstić information content (AvgIpc) is 2.98. The first-order valence-corrected chi connectivity index (χ1v) is 10.1. The van der Waals surface area contributed by atoms with Crippen LogP contribution in [0.5, 0.6) is 0 Å². The van der Waals surface area contributed by atoms with Crippen LogP contribution < -0.4 is 16.0 Å². The molecule has 0 spiro atoms. The molecule has 3 aliphatic heterocycles. The fraction of sp³-hybridized carbons (Fsp3) is 0.571. The summed E-state index contributed by atoms with van der Waals surface area (Å²) < 4.78 is 0. The monoisotopic (exact) mass is 384 g/mol. The second kappa shape index (κ2) is 7.29. The van der Waals surface area contributed by atoms with Gasteiger partial charge in [-0.25, -0.2) is 0 Å². The molecule has 2 atom stereocenters. The molecule has 0 saturated carbocycles. The number of fused-ring (bicyclic) bond motifs is 1. The maximum atomic E-state index is 13.1. The van der Waals surface area contributed by atoms with E-state index in [0.717, 1.165) is 30.6 Å². The first-order chi connectivity index (χ1) is 13.4. The van der Waals surface area contributed by atoms with Gasteiger partial charge in [0.25, 0.3) is 5.91 Å². The van der Waals surface area contributed by atoms with Crippen molar-refractivity contribution in [2.75, 3.05) is 13.1 Å². The van der Waals surface area contributed by atoms with Crippen LogP contribution in [0.4, 0.5) is 0 Å². The number of hydrogen-bond donors (Lipinski definition) is 3. The van der Waals surface area contributed by atoms with Crippen molar-refractivity contribution >= 4 is 17.7 Å². The van der Waals surface area contributed by atoms with Gasteiger partial charge < -0.3 is 15.5 Å². The van der Waals surface area contributed by atoms with Gasteiger partial charge in [0.1, 0.15) is 6.04 Å². The molecule has 3 aliphatic rings. The van der Waals surface area contributed by atoms with Crippen LogP contribution in [0.3, 0.4) is 0 Å². The molecule has 2 saturated heterocycles. The van der Waals surface area contributed by atoms with Crippen molar-refractivity contribution in [3.8, 4) is 0 Å². The van der Waals surface area contributed by atoms with Gasteiger partial charge in [-0.05, 0) is 35.9 Å². The summed E-state index contributed by atoms with van der Waals surface area (Å²) in [7, 11) is 0. The lowest BCUT2D eigenvalue weighted by atomic mass is 9.78. The molecule has 3 heterocycles. The van der Waals surface area contributed by atoms with Crippen LogP contribution in [0, 0.1) is 5.41 Å². The molecule has 3 amide bonds. The van der Waals surface area contributed by atoms with Crippen molar-refractivity contribution in [3.05, 3.63) is 34.9 Å². The van der Waals surface area contributed by atoms with E-state index in [9.17, 15) is 14.4 Å². The fourth-order valence-electron chi connectivity index (χ4n) is 4.53. The predicted molar refractivity (Wildman–Crippen MR) is 104 cm³/mol. The van der Waals surface area contributed by atoms with Crippen LogP contribution in [-0.4, -0.2) is 47.8 Å². The van der Waals surface area contributed by atoms with Gasteiger partial charge in [0.15, 0.2) is 0 Å². The summed E-state index contributed by atoms with van der Waals surface area (Å²) in [5, 5.41) is 9.42. The van der Waals surface area contributed by atoms with Gasteiger partial charge in [-0.3, -0.25) is 19.7 Å². The molecule has 0 radical (unpaired) electrons. The lowest BCUT2D eigenvalue weighted by Crippen LogP contribution is -2.53. The van der Waals surface area contributed by atoms with Crippen LogP contribution in [0.15, 0.2) is 18.2 Å². The van der Waals surface area contributed by atoms with E-state index in [-0.39, 0.29) is 29.6 Å². The Kier molecular flexibility index (Phi) is 4.97. The zero-order valence-corrected chi connectivity index (χ0v) is 16.5. The molecule has 7 nitrogen and oxygen atoms in total. The molecule has 0 bridgehead atoms. The number of nitrogens with zero attached hydrogens (tertiary/aromatic N) is 1. The quantitative estimate of drug-likeness (QED) is 0.672. The zero-order chi connectivity index (χ0) is 19.9. The number of piperidine rings is 2. The highest BCUT2D eigenvalue weighted by Gasteiger charge is 2.40. The van der Waals surface area contributed by atoms with E-state index in [1.54, 1.807) is 4.90 Å². The number of carbonyl (C=O) groups excluding carboxylic acids is 3. The summed E-state index contributed by atoms with van der Waals surface area (Å²) in [5.41, 5.74) is 2.83. The minimum atomic E-state index is -0.570. The van der Waals surface area contributed by atoms with E-state index < -0.39 is 6.04 Å². The van der Waals surface area contributed by atoms with Gasteiger partial charge in [0, 0.05) is 37.7 Å². The van der Waals surface area contributed by atoms with E-state index in [4.69, 9.17) is 0 Å². The fourth-order valence-corrected chi connectivity index (χ4v) is 4.53. The SMILES string of the molecule is CC1(C)CCNCC1NCc1cccc2c1C(=O)N(C1CCC(=O)NC1=O)C2. The summed E-state index contributed by atoms with van der Waals surface area (Å²) in [6.07, 6.45) is 1.77. The molecule has 0 aromatic heterocycles. The normalized spacial score (nSPS) is 26.9. The first kappa shape index (κ1) is 19.1. The molecule has 7 heteroatoms. The molecule has 1 aromatic rings. The second-order valence-electron chi connectivity index (χ2n) is 8.73. The summed E-state index contributed by atoms with van der Waals surface area (Å²) in [6.45, 7) is 7.54. The predicted octanol–water partition coefficient (Wildman–Crippen LogP) is 0.925. The standard InChI is InChI=1S/C21H28N4O3/c1-21(2)8-9-22-11-16(21)23-10-13-4-3-5-14-12-25(20(28)18(13)14)15-6-7-17(26)24-19(15)27/h3-5,15-16,22-23H,6-12H2,1-2H3,(H,24,26,27). The van der Waals surface area contributed by atoms with Crippen LogP contribution in [0.1, 0.15) is 54.6 Å². The van der Waals surface area contributed by atoms with E-state index in [0.29, 0.717) is 31.1 Å². The van der Waals surface area contributed by atoms with Gasteiger partial charge >= 0.3 is 0 Å². The molecule has 150 valence electrons. The second-order valence-corrected chi connectivity index (χ2v) is 8.73. The van der Waals surface area contributed by atoms with Crippen molar-refractivity contribution in [3.63, 3.8) is 0 Å². The summed E-state index contributed by atoms with van der Waals surface area (Å²) >= 11 is 0. The van der Waals surface area contributed by atoms with E-state index in [1.165, 1.54) is 0 Å². The third-order valence-corrected chi connectivity index (χ3v) is 6.42. The molecule has 0 aliphatic carbocycles. The maximum Gasteiger partial charge on any atom is 0.255 e. The Labute approximate surface area is 165 Å². The highest BCUT2D eigenvalue weighted by Crippen LogP contribution is 2.31. The highest BCUT2D eigenvalue weighted by atomic mass is 16.2. The number of amides is 3. The van der Waals surface area contributed by atoms with Crippen molar-refractivity contribution in [2.45, 2.75) is 58.3 Å². The molecule has 2 unspecified atom stereocenters. The number of benzene rings is 1. The van der Waals surface area contributed by atoms with Crippen LogP contribution in [0.2, 0.25) is 0 Å². The first-order valence-electron chi connectivity index (χ1n) is 10.1. The topological polar surface area (TPSA) is 90.5 Å². The highest BCUT2D eigenvalue weighted by molar-refractivity contribution is 6.05. The molecule has 2 fully saturated rings. The zero-order valence-electron chi connectivity index (χ0n) is 16.5. The Morgan fingerprint density at radius 3 is 2.82 bits per heavy atom. The van der Waals surface area contributed by atoms with Crippen molar-refractivity contribution in [2.24, 2.45) is 5.41 Å². The van der Waals surface area contributed by atoms with Crippen molar-refractivity contribution in [1.29, 1.82) is 0 Å². The van der Waals surface area contributed by atoms with Gasteiger partial charge in [0.05, 0.1) is 0 Å². The summed E-state index contributed by atoms with van der Waals surface area (Å²) in [4.78, 5) is 38.4. The van der Waals surface area contributed by atoms with Gasteiger partial charge in [-0.15, -0.1) is 0 Å². The Morgan fingerprint density at radius 1 is 1.25 bits per heavy atom. The molecular formula is C21H28N4O3. The Morgan fingerprint density at radius 2 is 2.07 bits per heavy atom. The Balaban J connectivity index is 1.50. The minimum Gasteiger partial charge on any atom is -0.322 e. The maximum absolute atomic E-state index is 13.1. The molecule has 28 heavy (non-hydrogen) atoms. The van der Waals surface area contributed by atoms with Crippen LogP contribution in [-0.2, 0) is 22.7 Å². The minimum absolute atomic E-state index is 0.108. The van der Waals surface area contributed by atoms with Gasteiger partial charge in [-0.2, -0.15) is 0 Å². The molecular weight excluding hydrogens is 356 g/mol. The van der Waals surface area contributed by atoms with Crippen LogP contribution >= 0.6 is 0 Å². The van der Waals surface area contributed by atoms with Crippen molar-refractivity contribution < 1.29 is 14.4 Å². The Hall–Kier alpha value is -2.25.